The Morgan fingerprint density at radius 1 is 1.00 bits per heavy atom. The van der Waals surface area contributed by atoms with Gasteiger partial charge in [-0.15, -0.1) is 0 Å². The van der Waals surface area contributed by atoms with Crippen molar-refractivity contribution in [2.24, 2.45) is 17.8 Å². The van der Waals surface area contributed by atoms with Gasteiger partial charge in [-0.3, -0.25) is 0 Å². The molecule has 3 saturated carbocycles. The Morgan fingerprint density at radius 3 is 1.94 bits per heavy atom. The molecule has 92 valence electrons. The van der Waals surface area contributed by atoms with E-state index in [0.29, 0.717) is 12.5 Å². The van der Waals surface area contributed by atoms with Crippen LogP contribution in [0.3, 0.4) is 0 Å². The van der Waals surface area contributed by atoms with Crippen LogP contribution >= 0.6 is 0 Å². The summed E-state index contributed by atoms with van der Waals surface area (Å²) in [6, 6.07) is 1.55. The van der Waals surface area contributed by atoms with Crippen molar-refractivity contribution in [2.45, 2.75) is 63.5 Å². The van der Waals surface area contributed by atoms with Crippen molar-refractivity contribution in [3.05, 3.63) is 0 Å². The van der Waals surface area contributed by atoms with E-state index in [1.54, 1.807) is 0 Å². The molecule has 0 aromatic heterocycles. The monoisotopic (exact) mass is 223 g/mol. The minimum Gasteiger partial charge on any atom is -0.396 e. The Morgan fingerprint density at radius 2 is 1.56 bits per heavy atom. The molecule has 0 bridgehead atoms. The van der Waals surface area contributed by atoms with Crippen molar-refractivity contribution in [1.82, 2.24) is 5.32 Å². The molecule has 16 heavy (non-hydrogen) atoms. The molecule has 2 N–H and O–H groups in total. The van der Waals surface area contributed by atoms with Gasteiger partial charge in [0, 0.05) is 18.7 Å². The molecule has 2 heteroatoms. The fourth-order valence-electron chi connectivity index (χ4n) is 3.55. The number of aliphatic hydroxyl groups excluding tert-OH is 1. The Labute approximate surface area is 98.8 Å². The highest BCUT2D eigenvalue weighted by Crippen LogP contribution is 2.41. The zero-order valence-corrected chi connectivity index (χ0v) is 10.2. The van der Waals surface area contributed by atoms with E-state index in [4.69, 9.17) is 5.11 Å². The average molecular weight is 223 g/mol. The summed E-state index contributed by atoms with van der Waals surface area (Å²) in [6.07, 6.45) is 11.2. The summed E-state index contributed by atoms with van der Waals surface area (Å²) in [7, 11) is 0. The maximum absolute atomic E-state index is 9.04. The standard InChI is InChI=1S/C14H25NO/c16-9-10-7-13(8-10)15-14(11-3-1-4-11)12-5-2-6-12/h10-16H,1-9H2. The third kappa shape index (κ3) is 2.02. The topological polar surface area (TPSA) is 32.3 Å². The zero-order valence-electron chi connectivity index (χ0n) is 10.2. The van der Waals surface area contributed by atoms with Gasteiger partial charge in [0.15, 0.2) is 0 Å². The van der Waals surface area contributed by atoms with E-state index in [1.807, 2.05) is 0 Å². The molecule has 0 saturated heterocycles. The molecule has 0 amide bonds. The van der Waals surface area contributed by atoms with Crippen LogP contribution in [-0.4, -0.2) is 23.8 Å². The molecule has 0 aromatic rings. The van der Waals surface area contributed by atoms with E-state index in [0.717, 1.165) is 23.9 Å². The molecule has 0 spiro atoms. The van der Waals surface area contributed by atoms with Crippen molar-refractivity contribution in [1.29, 1.82) is 0 Å². The van der Waals surface area contributed by atoms with E-state index >= 15 is 0 Å². The van der Waals surface area contributed by atoms with E-state index in [1.165, 1.54) is 51.4 Å². The predicted molar refractivity (Wildman–Crippen MR) is 65.2 cm³/mol. The molecule has 3 rings (SSSR count). The van der Waals surface area contributed by atoms with Gasteiger partial charge in [-0.1, -0.05) is 12.8 Å². The summed E-state index contributed by atoms with van der Waals surface area (Å²) in [5.41, 5.74) is 0. The smallest absolute Gasteiger partial charge is 0.0460 e. The molecule has 0 aliphatic heterocycles. The van der Waals surface area contributed by atoms with E-state index in [2.05, 4.69) is 5.32 Å². The Balaban J connectivity index is 1.49. The van der Waals surface area contributed by atoms with Crippen molar-refractivity contribution in [3.63, 3.8) is 0 Å². The van der Waals surface area contributed by atoms with Gasteiger partial charge in [-0.05, 0) is 56.3 Å². The van der Waals surface area contributed by atoms with Crippen molar-refractivity contribution in [2.75, 3.05) is 6.61 Å². The lowest BCUT2D eigenvalue weighted by Crippen LogP contribution is -2.54. The van der Waals surface area contributed by atoms with Gasteiger partial charge >= 0.3 is 0 Å². The molecular weight excluding hydrogens is 198 g/mol. The average Bonchev–Trinajstić information content (AvgIpc) is 2.03. The molecule has 3 fully saturated rings. The largest absolute Gasteiger partial charge is 0.396 e. The van der Waals surface area contributed by atoms with Crippen molar-refractivity contribution >= 4 is 0 Å². The summed E-state index contributed by atoms with van der Waals surface area (Å²) >= 11 is 0. The highest BCUT2D eigenvalue weighted by molar-refractivity contribution is 4.95. The maximum Gasteiger partial charge on any atom is 0.0460 e. The second kappa shape index (κ2) is 4.66. The molecule has 0 atom stereocenters. The van der Waals surface area contributed by atoms with Crippen LogP contribution in [0.2, 0.25) is 0 Å². The predicted octanol–water partition coefficient (Wildman–Crippen LogP) is 2.32. The summed E-state index contributed by atoms with van der Waals surface area (Å²) < 4.78 is 0. The van der Waals surface area contributed by atoms with Crippen LogP contribution in [0, 0.1) is 17.8 Å². The normalized spacial score (nSPS) is 35.6. The first-order valence-corrected chi connectivity index (χ1v) is 7.23. The summed E-state index contributed by atoms with van der Waals surface area (Å²) in [6.45, 7) is 0.399. The van der Waals surface area contributed by atoms with Gasteiger partial charge in [-0.2, -0.15) is 0 Å². The summed E-state index contributed by atoms with van der Waals surface area (Å²) in [4.78, 5) is 0. The van der Waals surface area contributed by atoms with Gasteiger partial charge in [0.2, 0.25) is 0 Å². The maximum atomic E-state index is 9.04. The lowest BCUT2D eigenvalue weighted by Gasteiger charge is -2.47. The molecule has 0 radical (unpaired) electrons. The molecule has 3 aliphatic carbocycles. The van der Waals surface area contributed by atoms with Crippen LogP contribution in [0.1, 0.15) is 51.4 Å². The fourth-order valence-corrected chi connectivity index (χ4v) is 3.55. The molecule has 0 aromatic carbocycles. The lowest BCUT2D eigenvalue weighted by atomic mass is 9.67. The van der Waals surface area contributed by atoms with Crippen molar-refractivity contribution < 1.29 is 5.11 Å². The van der Waals surface area contributed by atoms with Crippen LogP contribution in [0.25, 0.3) is 0 Å². The number of rotatable bonds is 5. The second-order valence-corrected chi connectivity index (χ2v) is 6.29. The van der Waals surface area contributed by atoms with Crippen LogP contribution in [0.15, 0.2) is 0 Å². The zero-order chi connectivity index (χ0) is 11.0. The van der Waals surface area contributed by atoms with Crippen LogP contribution < -0.4 is 5.32 Å². The minimum atomic E-state index is 0.399. The Hall–Kier alpha value is -0.0800. The SMILES string of the molecule is OCC1CC(NC(C2CCC2)C2CCC2)C1. The van der Waals surface area contributed by atoms with Crippen LogP contribution in [-0.2, 0) is 0 Å². The van der Waals surface area contributed by atoms with Gasteiger partial charge in [0.1, 0.15) is 0 Å². The van der Waals surface area contributed by atoms with Crippen molar-refractivity contribution in [3.8, 4) is 0 Å². The van der Waals surface area contributed by atoms with Gasteiger partial charge < -0.3 is 10.4 Å². The summed E-state index contributed by atoms with van der Waals surface area (Å²) in [5.74, 6) is 2.57. The Bertz CT molecular complexity index is 215. The second-order valence-electron chi connectivity index (χ2n) is 6.29. The highest BCUT2D eigenvalue weighted by Gasteiger charge is 2.39. The molecule has 0 unspecified atom stereocenters. The lowest BCUT2D eigenvalue weighted by molar-refractivity contribution is 0.0679. The van der Waals surface area contributed by atoms with E-state index in [-0.39, 0.29) is 0 Å². The van der Waals surface area contributed by atoms with Gasteiger partial charge in [0.25, 0.3) is 0 Å². The first-order valence-electron chi connectivity index (χ1n) is 7.23. The quantitative estimate of drug-likeness (QED) is 0.749. The molecule has 3 aliphatic rings. The number of hydrogen-bond acceptors (Lipinski definition) is 2. The molecule has 0 heterocycles. The van der Waals surface area contributed by atoms with Gasteiger partial charge in [-0.25, -0.2) is 0 Å². The fraction of sp³-hybridized carbons (Fsp3) is 1.00. The number of nitrogens with one attached hydrogen (secondary N) is 1. The van der Waals surface area contributed by atoms with Crippen LogP contribution in [0.4, 0.5) is 0 Å². The molecular formula is C14H25NO. The third-order valence-electron chi connectivity index (χ3n) is 5.24. The first kappa shape index (κ1) is 11.0. The Kier molecular flexibility index (Phi) is 3.21. The minimum absolute atomic E-state index is 0.399. The van der Waals surface area contributed by atoms with E-state index in [9.17, 15) is 0 Å². The highest BCUT2D eigenvalue weighted by atomic mass is 16.3. The van der Waals surface area contributed by atoms with E-state index < -0.39 is 0 Å². The first-order chi connectivity index (χ1) is 7.86. The number of aliphatic hydroxyl groups is 1. The number of hydrogen-bond donors (Lipinski definition) is 2. The van der Waals surface area contributed by atoms with Crippen LogP contribution in [0.5, 0.6) is 0 Å². The third-order valence-corrected chi connectivity index (χ3v) is 5.24. The van der Waals surface area contributed by atoms with Gasteiger partial charge in [0.05, 0.1) is 0 Å². The molecule has 2 nitrogen and oxygen atoms in total. The summed E-state index contributed by atoms with van der Waals surface area (Å²) in [5, 5.41) is 13.0.